The van der Waals surface area contributed by atoms with Gasteiger partial charge in [-0.25, -0.2) is 0 Å². The molecule has 0 spiro atoms. The fourth-order valence-electron chi connectivity index (χ4n) is 4.89. The van der Waals surface area contributed by atoms with Gasteiger partial charge in [-0.05, 0) is 97.5 Å². The smallest absolute Gasteiger partial charge is 0.307 e. The topological polar surface area (TPSA) is 97.9 Å². The Kier molecular flexibility index (Phi) is 11.4. The molecule has 3 aromatic rings. The largest absolute Gasteiger partial charge is 0.492 e. The van der Waals surface area contributed by atoms with Crippen LogP contribution in [0.3, 0.4) is 0 Å². The number of fused-ring (bicyclic) bond motifs is 1. The summed E-state index contributed by atoms with van der Waals surface area (Å²) in [5.74, 6) is 1.97. The van der Waals surface area contributed by atoms with Gasteiger partial charge in [-0.3, -0.25) is 14.9 Å². The summed E-state index contributed by atoms with van der Waals surface area (Å²) < 4.78 is 11.6. The summed E-state index contributed by atoms with van der Waals surface area (Å²) in [5.41, 5.74) is 3.11. The second kappa shape index (κ2) is 15.2. The van der Waals surface area contributed by atoms with Crippen LogP contribution in [0.1, 0.15) is 43.2 Å². The first kappa shape index (κ1) is 30.0. The van der Waals surface area contributed by atoms with Crippen LogP contribution in [0.4, 0.5) is 5.69 Å². The number of aryl methyl sites for hydroxylation is 1. The first-order valence-electron chi connectivity index (χ1n) is 13.8. The number of aliphatic carboxylic acids is 1. The van der Waals surface area contributed by atoms with Crippen molar-refractivity contribution in [2.45, 2.75) is 49.8 Å². The monoisotopic (exact) mass is 583 g/mol. The number of hydrogen-bond acceptors (Lipinski definition) is 7. The van der Waals surface area contributed by atoms with Crippen molar-refractivity contribution in [2.75, 3.05) is 31.7 Å². The van der Waals surface area contributed by atoms with Crippen LogP contribution in [0.2, 0.25) is 5.02 Å². The number of anilines is 1. The van der Waals surface area contributed by atoms with Gasteiger partial charge in [-0.15, -0.1) is 0 Å². The molecule has 2 heterocycles. The molecule has 9 heteroatoms. The van der Waals surface area contributed by atoms with E-state index < -0.39 is 5.97 Å². The minimum Gasteiger partial charge on any atom is -0.492 e. The van der Waals surface area contributed by atoms with Crippen molar-refractivity contribution in [1.29, 1.82) is 0 Å². The minimum atomic E-state index is -0.849. The van der Waals surface area contributed by atoms with E-state index in [4.69, 9.17) is 31.3 Å². The van der Waals surface area contributed by atoms with Crippen molar-refractivity contribution in [3.05, 3.63) is 77.1 Å². The summed E-state index contributed by atoms with van der Waals surface area (Å²) in [6.07, 6.45) is 10.3. The Labute approximate surface area is 246 Å². The number of pyridine rings is 1. The van der Waals surface area contributed by atoms with Crippen molar-refractivity contribution >= 4 is 35.2 Å². The molecule has 1 aliphatic carbocycles. The number of carboxylic acids is 1. The van der Waals surface area contributed by atoms with Crippen LogP contribution in [0.5, 0.6) is 11.5 Å². The molecule has 0 radical (unpaired) electrons. The van der Waals surface area contributed by atoms with Crippen LogP contribution in [-0.4, -0.2) is 42.9 Å². The number of carboxylic acid groups (broad SMARTS) is 1. The number of carbonyl (C=O) groups is 1. The number of aromatic nitrogens is 1. The lowest BCUT2D eigenvalue weighted by Gasteiger charge is -2.25. The van der Waals surface area contributed by atoms with Gasteiger partial charge in [0, 0.05) is 35.6 Å². The van der Waals surface area contributed by atoms with E-state index in [2.05, 4.69) is 35.1 Å². The Morgan fingerprint density at radius 1 is 1.18 bits per heavy atom. The van der Waals surface area contributed by atoms with E-state index in [0.717, 1.165) is 60.4 Å². The number of ether oxygens (including phenoxy) is 2. The van der Waals surface area contributed by atoms with Gasteiger partial charge in [0.15, 0.2) is 0 Å². The van der Waals surface area contributed by atoms with Gasteiger partial charge in [-0.1, -0.05) is 30.2 Å². The lowest BCUT2D eigenvalue weighted by Crippen LogP contribution is -2.26. The van der Waals surface area contributed by atoms with Gasteiger partial charge in [0.1, 0.15) is 11.5 Å². The molecule has 1 aromatic heterocycles. The molecule has 1 atom stereocenters. The maximum absolute atomic E-state index is 10.5. The number of nitrogens with two attached hydrogens (primary N) is 1. The van der Waals surface area contributed by atoms with Gasteiger partial charge in [0.05, 0.1) is 31.5 Å². The third kappa shape index (κ3) is 9.32. The lowest BCUT2D eigenvalue weighted by molar-refractivity contribution is -0.136. The number of benzene rings is 2. The number of hydrogen-bond donors (Lipinski definition) is 2. The molecule has 1 saturated carbocycles. The summed E-state index contributed by atoms with van der Waals surface area (Å²) >= 11 is 7.32. The van der Waals surface area contributed by atoms with Gasteiger partial charge < -0.3 is 19.5 Å². The zero-order valence-electron chi connectivity index (χ0n) is 22.9. The van der Waals surface area contributed by atoms with Crippen LogP contribution in [0.25, 0.3) is 0 Å². The van der Waals surface area contributed by atoms with E-state index in [1.54, 1.807) is 18.5 Å². The Bertz CT molecular complexity index is 1260. The SMILES string of the molecule is CN1CC(CCCc2cccc(Cl)c2)COc2ccc(SN)cc21.O=C(O)Cc1cncc(OCC2CCC2)c1. The third-order valence-electron chi connectivity index (χ3n) is 7.29. The molecule has 214 valence electrons. The van der Waals surface area contributed by atoms with Crippen molar-refractivity contribution in [1.82, 2.24) is 4.98 Å². The quantitative estimate of drug-likeness (QED) is 0.256. The van der Waals surface area contributed by atoms with Crippen LogP contribution in [0.15, 0.2) is 65.8 Å². The van der Waals surface area contributed by atoms with Crippen LogP contribution < -0.4 is 19.5 Å². The summed E-state index contributed by atoms with van der Waals surface area (Å²) in [6.45, 7) is 2.49. The molecule has 0 saturated heterocycles. The molecular formula is C31H38ClN3O4S. The van der Waals surface area contributed by atoms with Crippen LogP contribution >= 0.6 is 23.5 Å². The molecule has 7 nitrogen and oxygen atoms in total. The average Bonchev–Trinajstić information content (AvgIpc) is 3.06. The molecule has 1 fully saturated rings. The molecular weight excluding hydrogens is 546 g/mol. The fraction of sp³-hybridized carbons (Fsp3) is 0.419. The molecule has 1 aliphatic heterocycles. The highest BCUT2D eigenvalue weighted by Gasteiger charge is 2.21. The maximum atomic E-state index is 10.5. The second-order valence-corrected chi connectivity index (χ2v) is 11.7. The molecule has 0 bridgehead atoms. The Balaban J connectivity index is 0.000000201. The Morgan fingerprint density at radius 2 is 2.02 bits per heavy atom. The average molecular weight is 584 g/mol. The van der Waals surface area contributed by atoms with Crippen molar-refractivity contribution in [3.63, 3.8) is 0 Å². The van der Waals surface area contributed by atoms with Crippen LogP contribution in [-0.2, 0) is 17.6 Å². The Hall–Kier alpha value is -2.94. The lowest BCUT2D eigenvalue weighted by atomic mass is 9.86. The highest BCUT2D eigenvalue weighted by molar-refractivity contribution is 7.97. The molecule has 5 rings (SSSR count). The number of nitrogens with zero attached hydrogens (tertiary/aromatic N) is 2. The minimum absolute atomic E-state index is 0.00632. The molecule has 0 amide bonds. The molecule has 2 aromatic carbocycles. The van der Waals surface area contributed by atoms with Crippen molar-refractivity contribution in [3.8, 4) is 11.5 Å². The third-order valence-corrected chi connectivity index (χ3v) is 8.05. The normalized spacial score (nSPS) is 16.5. The van der Waals surface area contributed by atoms with Gasteiger partial charge in [0.25, 0.3) is 0 Å². The summed E-state index contributed by atoms with van der Waals surface area (Å²) in [5, 5.41) is 15.1. The predicted octanol–water partition coefficient (Wildman–Crippen LogP) is 6.66. The zero-order chi connectivity index (χ0) is 28.3. The van der Waals surface area contributed by atoms with Gasteiger partial charge >= 0.3 is 5.97 Å². The van der Waals surface area contributed by atoms with E-state index in [1.165, 1.54) is 36.8 Å². The number of rotatable bonds is 10. The predicted molar refractivity (Wildman–Crippen MR) is 162 cm³/mol. The zero-order valence-corrected chi connectivity index (χ0v) is 24.5. The van der Waals surface area contributed by atoms with Gasteiger partial charge in [0.2, 0.25) is 0 Å². The van der Waals surface area contributed by atoms with E-state index in [-0.39, 0.29) is 6.42 Å². The second-order valence-electron chi connectivity index (χ2n) is 10.5. The van der Waals surface area contributed by atoms with Crippen molar-refractivity contribution < 1.29 is 19.4 Å². The standard InChI is InChI=1S/C19H23ClN2OS.C12H15NO3/c1-22-12-15(6-2-4-14-5-3-7-16(20)10-14)13-23-19-9-8-17(24-21)11-18(19)22;14-12(15)5-10-4-11(7-13-6-10)16-8-9-2-1-3-9/h3,5,7-11,15H,2,4,6,12-13,21H2,1H3;4,6-7,9H,1-3,5,8H2,(H,14,15). The summed E-state index contributed by atoms with van der Waals surface area (Å²) in [7, 11) is 2.13. The highest BCUT2D eigenvalue weighted by atomic mass is 35.5. The summed E-state index contributed by atoms with van der Waals surface area (Å²) in [6, 6.07) is 16.0. The van der Waals surface area contributed by atoms with E-state index in [9.17, 15) is 4.79 Å². The molecule has 2 aliphatic rings. The maximum Gasteiger partial charge on any atom is 0.307 e. The molecule has 40 heavy (non-hydrogen) atoms. The number of halogens is 1. The van der Waals surface area contributed by atoms with E-state index >= 15 is 0 Å². The first-order chi connectivity index (χ1) is 19.4. The van der Waals surface area contributed by atoms with Gasteiger partial charge in [-0.2, -0.15) is 0 Å². The van der Waals surface area contributed by atoms with Crippen molar-refractivity contribution in [2.24, 2.45) is 17.0 Å². The van der Waals surface area contributed by atoms with Crippen LogP contribution in [0, 0.1) is 11.8 Å². The Morgan fingerprint density at radius 3 is 2.75 bits per heavy atom. The highest BCUT2D eigenvalue weighted by Crippen LogP contribution is 2.35. The molecule has 1 unspecified atom stereocenters. The summed E-state index contributed by atoms with van der Waals surface area (Å²) in [4.78, 5) is 17.8. The van der Waals surface area contributed by atoms with E-state index in [1.807, 2.05) is 24.3 Å². The molecule has 3 N–H and O–H groups in total. The first-order valence-corrected chi connectivity index (χ1v) is 15.0. The van der Waals surface area contributed by atoms with E-state index in [0.29, 0.717) is 23.1 Å². The fourth-order valence-corrected chi connectivity index (χ4v) is 5.43.